The van der Waals surface area contributed by atoms with Crippen LogP contribution < -0.4 is 10.2 Å². The highest BCUT2D eigenvalue weighted by atomic mass is 32.2. The molecule has 0 aliphatic carbocycles. The maximum absolute atomic E-state index is 13.1. The monoisotopic (exact) mass is 466 g/mol. The van der Waals surface area contributed by atoms with Crippen LogP contribution in [0, 0.1) is 11.7 Å². The molecule has 2 aromatic rings. The van der Waals surface area contributed by atoms with Crippen LogP contribution >= 0.6 is 0 Å². The van der Waals surface area contributed by atoms with Gasteiger partial charge in [0.1, 0.15) is 17.6 Å². The molecule has 1 aliphatic rings. The van der Waals surface area contributed by atoms with Crippen LogP contribution in [0.3, 0.4) is 0 Å². The molecular weight excluding hydrogens is 443 g/mol. The Morgan fingerprint density at radius 2 is 1.78 bits per heavy atom. The van der Waals surface area contributed by atoms with Crippen LogP contribution in [0.4, 0.5) is 4.39 Å². The third-order valence-electron chi connectivity index (χ3n) is 5.32. The summed E-state index contributed by atoms with van der Waals surface area (Å²) in [5, 5.41) is 18.2. The maximum Gasteiger partial charge on any atom is 0.306 e. The smallest absolute Gasteiger partial charge is 0.306 e. The molecule has 3 N–H and O–H groups in total. The summed E-state index contributed by atoms with van der Waals surface area (Å²) in [4.78, 5) is 23.2. The Kier molecular flexibility index (Phi) is 7.44. The second kappa shape index (κ2) is 10.1. The highest BCUT2D eigenvalue weighted by Gasteiger charge is 2.42. The number of nitrogens with zero attached hydrogens (tertiary/aromatic N) is 1. The molecule has 1 heterocycles. The molecule has 0 saturated carbocycles. The van der Waals surface area contributed by atoms with Crippen molar-refractivity contribution in [2.75, 3.05) is 13.2 Å². The number of halogens is 1. The molecule has 0 unspecified atom stereocenters. The summed E-state index contributed by atoms with van der Waals surface area (Å²) in [6.45, 7) is 0.131. The van der Waals surface area contributed by atoms with E-state index in [9.17, 15) is 27.5 Å². The molecule has 1 saturated heterocycles. The fourth-order valence-corrected chi connectivity index (χ4v) is 5.16. The fraction of sp³-hybridized carbons (Fsp3) is 0.333. The number of hydrogen-bond acceptors (Lipinski definition) is 6. The van der Waals surface area contributed by atoms with Crippen molar-refractivity contribution >= 4 is 21.9 Å². The van der Waals surface area contributed by atoms with Crippen molar-refractivity contribution in [3.8, 4) is 5.75 Å². The van der Waals surface area contributed by atoms with Gasteiger partial charge in [-0.3, -0.25) is 14.8 Å². The summed E-state index contributed by atoms with van der Waals surface area (Å²) in [5.41, 5.74) is 2.31. The molecule has 0 aromatic heterocycles. The molecule has 1 amide bonds. The predicted octanol–water partition coefficient (Wildman–Crippen LogP) is 1.81. The summed E-state index contributed by atoms with van der Waals surface area (Å²) >= 11 is 0. The number of carbonyl (C=O) groups excluding carboxylic acids is 1. The van der Waals surface area contributed by atoms with E-state index in [1.165, 1.54) is 41.9 Å². The maximum atomic E-state index is 13.1. The Hall–Kier alpha value is -3.02. The quantitative estimate of drug-likeness (QED) is 0.399. The molecule has 172 valence electrons. The van der Waals surface area contributed by atoms with Gasteiger partial charge >= 0.3 is 5.97 Å². The van der Waals surface area contributed by atoms with Gasteiger partial charge in [0, 0.05) is 13.0 Å². The van der Waals surface area contributed by atoms with Gasteiger partial charge in [-0.25, -0.2) is 18.3 Å². The summed E-state index contributed by atoms with van der Waals surface area (Å²) in [6, 6.07) is 10.3. The normalized spacial score (nSPS) is 19.3. The van der Waals surface area contributed by atoms with Crippen molar-refractivity contribution in [2.24, 2.45) is 5.92 Å². The number of sulfonamides is 1. The number of piperidine rings is 1. The van der Waals surface area contributed by atoms with Crippen molar-refractivity contribution in [1.82, 2.24) is 9.79 Å². The molecule has 2 aromatic carbocycles. The first-order valence-electron chi connectivity index (χ1n) is 9.88. The number of carbonyl (C=O) groups is 2. The van der Waals surface area contributed by atoms with Gasteiger partial charge in [0.25, 0.3) is 5.91 Å². The predicted molar refractivity (Wildman–Crippen MR) is 110 cm³/mol. The van der Waals surface area contributed by atoms with Gasteiger partial charge in [0.2, 0.25) is 10.0 Å². The lowest BCUT2D eigenvalue weighted by Gasteiger charge is -2.35. The van der Waals surface area contributed by atoms with Crippen LogP contribution in [0.15, 0.2) is 53.4 Å². The van der Waals surface area contributed by atoms with Gasteiger partial charge in [-0.1, -0.05) is 12.1 Å². The van der Waals surface area contributed by atoms with Gasteiger partial charge in [0.15, 0.2) is 0 Å². The Labute approximate surface area is 184 Å². The van der Waals surface area contributed by atoms with Crippen LogP contribution in [-0.2, 0) is 26.0 Å². The Morgan fingerprint density at radius 1 is 1.12 bits per heavy atom. The molecule has 0 spiro atoms. The lowest BCUT2D eigenvalue weighted by atomic mass is 9.92. The summed E-state index contributed by atoms with van der Waals surface area (Å²) in [6.07, 6.45) is 0.344. The number of carboxylic acids is 1. The molecule has 9 nitrogen and oxygen atoms in total. The van der Waals surface area contributed by atoms with Crippen LogP contribution in [0.25, 0.3) is 0 Å². The molecule has 32 heavy (non-hydrogen) atoms. The highest BCUT2D eigenvalue weighted by Crippen LogP contribution is 2.30. The Morgan fingerprint density at radius 3 is 2.38 bits per heavy atom. The lowest BCUT2D eigenvalue weighted by Crippen LogP contribution is -2.53. The SMILES string of the molecule is O=C(O)[C@@H]1CCN(S(=O)(=O)c2ccc(OCCc3ccc(F)cc3)cc2)[C@@H](C(=O)NO)C1. The standard InChI is InChI=1S/C21H23FN2O7S/c22-16-3-1-14(2-4-16)10-12-31-17-5-7-18(8-6-17)32(29,30)24-11-9-15(21(26)27)13-19(24)20(25)23-28/h1-8,15,19,28H,9-13H2,(H,23,25)(H,26,27)/t15-,19-/m1/s1. The fourth-order valence-electron chi connectivity index (χ4n) is 3.55. The van der Waals surface area contributed by atoms with E-state index in [4.69, 9.17) is 9.94 Å². The van der Waals surface area contributed by atoms with E-state index in [2.05, 4.69) is 0 Å². The minimum absolute atomic E-state index is 0.0500. The van der Waals surface area contributed by atoms with E-state index >= 15 is 0 Å². The summed E-state index contributed by atoms with van der Waals surface area (Å²) in [7, 11) is -4.12. The van der Waals surface area contributed by atoms with Crippen molar-refractivity contribution in [2.45, 2.75) is 30.2 Å². The minimum Gasteiger partial charge on any atom is -0.493 e. The van der Waals surface area contributed by atoms with Crippen molar-refractivity contribution in [3.63, 3.8) is 0 Å². The van der Waals surface area contributed by atoms with E-state index in [-0.39, 0.29) is 30.1 Å². The number of amides is 1. The van der Waals surface area contributed by atoms with Gasteiger partial charge in [-0.2, -0.15) is 4.31 Å². The number of rotatable bonds is 8. The molecule has 1 fully saturated rings. The number of ether oxygens (including phenoxy) is 1. The van der Waals surface area contributed by atoms with Crippen molar-refractivity contribution in [1.29, 1.82) is 0 Å². The first-order valence-corrected chi connectivity index (χ1v) is 11.3. The first kappa shape index (κ1) is 23.6. The molecule has 2 atom stereocenters. The minimum atomic E-state index is -4.12. The Balaban J connectivity index is 1.68. The largest absolute Gasteiger partial charge is 0.493 e. The van der Waals surface area contributed by atoms with Gasteiger partial charge in [0.05, 0.1) is 17.4 Å². The number of hydroxylamine groups is 1. The van der Waals surface area contributed by atoms with Crippen LogP contribution in [-0.4, -0.2) is 54.1 Å². The van der Waals surface area contributed by atoms with E-state index in [1.807, 2.05) is 0 Å². The van der Waals surface area contributed by atoms with E-state index in [1.54, 1.807) is 12.1 Å². The van der Waals surface area contributed by atoms with Gasteiger partial charge < -0.3 is 9.84 Å². The lowest BCUT2D eigenvalue weighted by molar-refractivity contribution is -0.145. The van der Waals surface area contributed by atoms with E-state index < -0.39 is 33.9 Å². The third-order valence-corrected chi connectivity index (χ3v) is 7.24. The average molecular weight is 466 g/mol. The number of aliphatic carboxylic acids is 1. The molecule has 3 rings (SSSR count). The summed E-state index contributed by atoms with van der Waals surface area (Å²) < 4.78 is 45.6. The molecule has 0 radical (unpaired) electrons. The first-order chi connectivity index (χ1) is 15.2. The number of carboxylic acid groups (broad SMARTS) is 1. The van der Waals surface area contributed by atoms with Crippen molar-refractivity contribution < 1.29 is 37.4 Å². The molecule has 11 heteroatoms. The molecular formula is C21H23FN2O7S. The second-order valence-electron chi connectivity index (χ2n) is 7.36. The molecule has 0 bridgehead atoms. The van der Waals surface area contributed by atoms with Gasteiger partial charge in [-0.15, -0.1) is 0 Å². The van der Waals surface area contributed by atoms with Crippen LogP contribution in [0.1, 0.15) is 18.4 Å². The number of benzene rings is 2. The van der Waals surface area contributed by atoms with Crippen LogP contribution in [0.5, 0.6) is 5.75 Å². The summed E-state index contributed by atoms with van der Waals surface area (Å²) in [5.74, 6) is -2.89. The third kappa shape index (κ3) is 5.42. The highest BCUT2D eigenvalue weighted by molar-refractivity contribution is 7.89. The van der Waals surface area contributed by atoms with Crippen LogP contribution in [0.2, 0.25) is 0 Å². The van der Waals surface area contributed by atoms with Crippen molar-refractivity contribution in [3.05, 3.63) is 59.9 Å². The second-order valence-corrected chi connectivity index (χ2v) is 9.25. The average Bonchev–Trinajstić information content (AvgIpc) is 2.79. The van der Waals surface area contributed by atoms with E-state index in [0.29, 0.717) is 18.8 Å². The van der Waals surface area contributed by atoms with E-state index in [0.717, 1.165) is 9.87 Å². The number of hydrogen-bond donors (Lipinski definition) is 3. The Bertz CT molecular complexity index is 1060. The number of nitrogens with one attached hydrogen (secondary N) is 1. The zero-order valence-electron chi connectivity index (χ0n) is 17.0. The topological polar surface area (TPSA) is 133 Å². The van der Waals surface area contributed by atoms with Gasteiger partial charge in [-0.05, 0) is 54.8 Å². The zero-order chi connectivity index (χ0) is 23.3. The zero-order valence-corrected chi connectivity index (χ0v) is 17.8. The molecule has 1 aliphatic heterocycles.